The van der Waals surface area contributed by atoms with E-state index in [4.69, 9.17) is 27.5 Å². The van der Waals surface area contributed by atoms with Crippen molar-refractivity contribution in [2.24, 2.45) is 0 Å². The fraction of sp³-hybridized carbons (Fsp3) is 0. The van der Waals surface area contributed by atoms with E-state index in [0.717, 1.165) is 0 Å². The Balaban J connectivity index is -0.000000107. The van der Waals surface area contributed by atoms with E-state index >= 15 is 0 Å². The van der Waals surface area contributed by atoms with Crippen LogP contribution in [0.1, 0.15) is 0 Å². The van der Waals surface area contributed by atoms with Gasteiger partial charge in [0.25, 0.3) is 0 Å². The molecule has 11 heavy (non-hydrogen) atoms. The average molecular weight is 490 g/mol. The van der Waals surface area contributed by atoms with Crippen molar-refractivity contribution in [2.45, 2.75) is 0 Å². The summed E-state index contributed by atoms with van der Waals surface area (Å²) in [6.07, 6.45) is 0. The Kier molecular flexibility index (Phi) is 12.4. The standard InChI is InChI=1S/Ag.2IO4/c;2*2-1(3,4)5/q;2*-1. The van der Waals surface area contributed by atoms with Crippen molar-refractivity contribution in [2.75, 3.05) is 0 Å². The number of rotatable bonds is 0. The molecule has 0 aromatic heterocycles. The van der Waals surface area contributed by atoms with Gasteiger partial charge < -0.3 is 0 Å². The number of hydrogen-bond donors (Lipinski definition) is 0. The van der Waals surface area contributed by atoms with Gasteiger partial charge in [-0.2, -0.15) is 0 Å². The molecule has 0 bridgehead atoms. The summed E-state index contributed by atoms with van der Waals surface area (Å²) in [4.78, 5) is 0. The maximum absolute atomic E-state index is 8.62. The normalized spacial score (nSPS) is 10.9. The largest absolute Gasteiger partial charge is 0.286 e. The van der Waals surface area contributed by atoms with E-state index in [1.54, 1.807) is 0 Å². The molecular weight excluding hydrogens is 490 g/mol. The van der Waals surface area contributed by atoms with Gasteiger partial charge in [-0.1, -0.05) is 0 Å². The van der Waals surface area contributed by atoms with Gasteiger partial charge in [0.1, 0.15) is 40.2 Å². The molecule has 0 atom stereocenters. The Labute approximate surface area is 89.0 Å². The van der Waals surface area contributed by atoms with E-state index < -0.39 is 40.2 Å². The van der Waals surface area contributed by atoms with Gasteiger partial charge in [-0.3, -0.25) is 27.5 Å². The fourth-order valence-corrected chi connectivity index (χ4v) is 0. The van der Waals surface area contributed by atoms with E-state index in [9.17, 15) is 0 Å². The van der Waals surface area contributed by atoms with Crippen LogP contribution in [0, 0.1) is 0 Å². The Hall–Kier alpha value is 1.88. The van der Waals surface area contributed by atoms with E-state index in [1.165, 1.54) is 0 Å². The predicted molar refractivity (Wildman–Crippen MR) is 0 cm³/mol. The van der Waals surface area contributed by atoms with Gasteiger partial charge in [-0.05, 0) is 0 Å². The molecule has 0 aromatic rings. The van der Waals surface area contributed by atoms with Crippen molar-refractivity contribution in [1.82, 2.24) is 0 Å². The van der Waals surface area contributed by atoms with Crippen LogP contribution in [0.25, 0.3) is 0 Å². The molecule has 1 radical (unpaired) electrons. The predicted octanol–water partition coefficient (Wildman–Crippen LogP) is -15.5. The Morgan fingerprint density at radius 3 is 0.455 bits per heavy atom. The third kappa shape index (κ3) is 328. The molecule has 0 saturated carbocycles. The molecule has 11 heteroatoms. The first-order chi connectivity index (χ1) is 4.00. The number of halogens is 2. The van der Waals surface area contributed by atoms with E-state index in [1.807, 2.05) is 0 Å². The zero-order chi connectivity index (χ0) is 9.00. The van der Waals surface area contributed by atoms with Gasteiger partial charge >= 0.3 is 0 Å². The van der Waals surface area contributed by atoms with E-state index in [-0.39, 0.29) is 22.4 Å². The molecule has 0 spiro atoms. The second-order valence-electron chi connectivity index (χ2n) is 0.756. The summed E-state index contributed by atoms with van der Waals surface area (Å²) in [6.45, 7) is 0. The quantitative estimate of drug-likeness (QED) is 0.237. The Morgan fingerprint density at radius 2 is 0.455 bits per heavy atom. The third-order valence-electron chi connectivity index (χ3n) is 0. The van der Waals surface area contributed by atoms with Crippen LogP contribution in [-0.2, 0) is 22.4 Å². The molecule has 0 aliphatic carbocycles. The first-order valence-electron chi connectivity index (χ1n) is 1.23. The first-order valence-corrected chi connectivity index (χ1v) is 8.28. The van der Waals surface area contributed by atoms with Crippen LogP contribution in [-0.4, -0.2) is 0 Å². The molecule has 0 rings (SSSR count). The van der Waals surface area contributed by atoms with Crippen LogP contribution in [0.4, 0.5) is 0 Å². The van der Waals surface area contributed by atoms with Crippen molar-refractivity contribution in [3.63, 3.8) is 0 Å². The molecule has 0 aliphatic rings. The van der Waals surface area contributed by atoms with Crippen molar-refractivity contribution >= 4 is 0 Å². The SMILES string of the molecule is [Ag].[O-][I+3]([O-])([O-])[O-].[O-][I+3]([O-])([O-])[O-]. The minimum Gasteiger partial charge on any atom is -0.286 e. The van der Waals surface area contributed by atoms with Gasteiger partial charge in [0, 0.05) is 22.4 Å². The van der Waals surface area contributed by atoms with Crippen LogP contribution >= 0.6 is 0 Å². The first kappa shape index (κ1) is 18.6. The Bertz CT molecular complexity index is 55.1. The monoisotopic (exact) mass is 489 g/mol. The van der Waals surface area contributed by atoms with Gasteiger partial charge in [0.05, 0.1) is 0 Å². The van der Waals surface area contributed by atoms with Gasteiger partial charge in [0.2, 0.25) is 0 Å². The molecule has 0 fully saturated rings. The molecular formula is AgI2O8-2. The summed E-state index contributed by atoms with van der Waals surface area (Å²) in [5.41, 5.74) is 0. The summed E-state index contributed by atoms with van der Waals surface area (Å²) in [5.74, 6) is 0. The van der Waals surface area contributed by atoms with Crippen LogP contribution < -0.4 is 67.7 Å². The van der Waals surface area contributed by atoms with Crippen molar-refractivity contribution in [3.05, 3.63) is 0 Å². The summed E-state index contributed by atoms with van der Waals surface area (Å²) in [6, 6.07) is 0. The molecule has 0 amide bonds. The fourth-order valence-electron chi connectivity index (χ4n) is 0. The molecule has 0 heterocycles. The maximum Gasteiger partial charge on any atom is 0.144 e. The van der Waals surface area contributed by atoms with Crippen molar-refractivity contribution < 1.29 is 90.1 Å². The zero-order valence-corrected chi connectivity index (χ0v) is 10.1. The number of hydrogen-bond acceptors (Lipinski definition) is 8. The smallest absolute Gasteiger partial charge is 0.144 e. The second kappa shape index (κ2) is 7.30. The molecule has 0 unspecified atom stereocenters. The van der Waals surface area contributed by atoms with Crippen LogP contribution in [0.2, 0.25) is 0 Å². The topological polar surface area (TPSA) is 184 Å². The van der Waals surface area contributed by atoms with E-state index in [2.05, 4.69) is 0 Å². The van der Waals surface area contributed by atoms with Crippen LogP contribution in [0.5, 0.6) is 0 Å². The van der Waals surface area contributed by atoms with E-state index in [0.29, 0.717) is 0 Å². The minimum absolute atomic E-state index is 0. The van der Waals surface area contributed by atoms with Gasteiger partial charge in [-0.15, -0.1) is 0 Å². The average Bonchev–Trinajstić information content (AvgIpc) is 1.12. The summed E-state index contributed by atoms with van der Waals surface area (Å²) in [5, 5.41) is 0. The van der Waals surface area contributed by atoms with Crippen LogP contribution in [0.15, 0.2) is 0 Å². The molecule has 0 N–H and O–H groups in total. The van der Waals surface area contributed by atoms with Crippen molar-refractivity contribution in [1.29, 1.82) is 0 Å². The molecule has 0 aliphatic heterocycles. The summed E-state index contributed by atoms with van der Waals surface area (Å²) < 4.78 is 68.9. The van der Waals surface area contributed by atoms with Gasteiger partial charge in [-0.25, -0.2) is 0 Å². The van der Waals surface area contributed by atoms with Crippen LogP contribution in [0.3, 0.4) is 0 Å². The minimum atomic E-state index is -5.94. The Morgan fingerprint density at radius 1 is 0.455 bits per heavy atom. The maximum atomic E-state index is 8.62. The molecule has 0 saturated heterocycles. The molecule has 0 aromatic carbocycles. The molecule has 75 valence electrons. The zero-order valence-electron chi connectivity index (χ0n) is 4.32. The van der Waals surface area contributed by atoms with Crippen molar-refractivity contribution in [3.8, 4) is 0 Å². The molecule has 8 nitrogen and oxygen atoms in total. The summed E-state index contributed by atoms with van der Waals surface area (Å²) in [7, 11) is 0. The summed E-state index contributed by atoms with van der Waals surface area (Å²) >= 11 is -11.9. The van der Waals surface area contributed by atoms with Gasteiger partial charge in [0.15, 0.2) is 0 Å². The second-order valence-corrected chi connectivity index (χ2v) is 5.07. The third-order valence-corrected chi connectivity index (χ3v) is 0.